The molecule has 0 aromatic carbocycles. The summed E-state index contributed by atoms with van der Waals surface area (Å²) < 4.78 is 13.8. The van der Waals surface area contributed by atoms with E-state index in [2.05, 4.69) is 5.32 Å². The van der Waals surface area contributed by atoms with Gasteiger partial charge in [0.25, 0.3) is 0 Å². The van der Waals surface area contributed by atoms with Gasteiger partial charge in [-0.3, -0.25) is 0 Å². The zero-order valence-corrected chi connectivity index (χ0v) is 8.32. The first-order chi connectivity index (χ1) is 6.38. The van der Waals surface area contributed by atoms with Gasteiger partial charge in [0.15, 0.2) is 0 Å². The Bertz CT molecular complexity index is 241. The number of halogens is 1. The highest BCUT2D eigenvalue weighted by atomic mass is 32.1. The Hall–Kier alpha value is -0.410. The Morgan fingerprint density at radius 2 is 2.54 bits per heavy atom. The van der Waals surface area contributed by atoms with Gasteiger partial charge in [-0.15, -0.1) is 11.3 Å². The summed E-state index contributed by atoms with van der Waals surface area (Å²) in [5.74, 6) is 0.187. The monoisotopic (exact) mass is 199 g/mol. The second kappa shape index (κ2) is 4.20. The van der Waals surface area contributed by atoms with Crippen LogP contribution in [-0.4, -0.2) is 13.1 Å². The summed E-state index contributed by atoms with van der Waals surface area (Å²) in [6.07, 6.45) is 1.37. The molecule has 0 radical (unpaired) electrons. The molecule has 2 heterocycles. The van der Waals surface area contributed by atoms with Crippen LogP contribution < -0.4 is 5.32 Å². The van der Waals surface area contributed by atoms with Crippen LogP contribution in [-0.2, 0) is 0 Å². The molecule has 1 saturated heterocycles. The van der Waals surface area contributed by atoms with Gasteiger partial charge in [-0.1, -0.05) is 6.07 Å². The molecule has 2 atom stereocenters. The molecule has 0 spiro atoms. The van der Waals surface area contributed by atoms with Crippen LogP contribution in [0.2, 0.25) is 0 Å². The molecule has 1 N–H and O–H groups in total. The quantitative estimate of drug-likeness (QED) is 0.772. The van der Waals surface area contributed by atoms with Gasteiger partial charge in [0.2, 0.25) is 0 Å². The van der Waals surface area contributed by atoms with Gasteiger partial charge >= 0.3 is 0 Å². The van der Waals surface area contributed by atoms with Crippen molar-refractivity contribution < 1.29 is 4.39 Å². The lowest BCUT2D eigenvalue weighted by atomic mass is 9.94. The van der Waals surface area contributed by atoms with E-state index in [-0.39, 0.29) is 5.92 Å². The summed E-state index contributed by atoms with van der Waals surface area (Å²) in [5.41, 5.74) is 0. The molecule has 1 aliphatic heterocycles. The minimum atomic E-state index is -0.757. The van der Waals surface area contributed by atoms with Crippen molar-refractivity contribution in [2.24, 2.45) is 5.92 Å². The van der Waals surface area contributed by atoms with E-state index in [0.717, 1.165) is 30.8 Å². The summed E-state index contributed by atoms with van der Waals surface area (Å²) in [6.45, 7) is 1.88. The molecule has 13 heavy (non-hydrogen) atoms. The van der Waals surface area contributed by atoms with E-state index >= 15 is 0 Å². The van der Waals surface area contributed by atoms with Gasteiger partial charge in [0.05, 0.1) is 0 Å². The number of hydrogen-bond acceptors (Lipinski definition) is 2. The van der Waals surface area contributed by atoms with Crippen LogP contribution >= 0.6 is 11.3 Å². The van der Waals surface area contributed by atoms with E-state index in [4.69, 9.17) is 0 Å². The smallest absolute Gasteiger partial charge is 0.138 e. The Labute approximate surface area is 82.0 Å². The predicted octanol–water partition coefficient (Wildman–Crippen LogP) is 2.76. The molecule has 2 rings (SSSR count). The molecule has 1 aliphatic rings. The standard InChI is InChI=1S/C10H14FNS/c11-10(9-4-2-6-13-9)8-3-1-5-12-7-8/h2,4,6,8,10,12H,1,3,5,7H2. The topological polar surface area (TPSA) is 12.0 Å². The van der Waals surface area contributed by atoms with Gasteiger partial charge in [-0.25, -0.2) is 4.39 Å². The summed E-state index contributed by atoms with van der Waals surface area (Å²) >= 11 is 1.52. The first-order valence-electron chi connectivity index (χ1n) is 4.76. The van der Waals surface area contributed by atoms with Crippen LogP contribution in [0, 0.1) is 5.92 Å². The maximum absolute atomic E-state index is 13.8. The highest BCUT2D eigenvalue weighted by Crippen LogP contribution is 2.33. The van der Waals surface area contributed by atoms with Crippen molar-refractivity contribution in [1.82, 2.24) is 5.32 Å². The molecule has 1 nitrogen and oxygen atoms in total. The number of thiophene rings is 1. The Morgan fingerprint density at radius 1 is 1.62 bits per heavy atom. The summed E-state index contributed by atoms with van der Waals surface area (Å²) in [6, 6.07) is 3.81. The van der Waals surface area contributed by atoms with Crippen molar-refractivity contribution in [2.75, 3.05) is 13.1 Å². The Kier molecular flexibility index (Phi) is 2.96. The molecule has 3 heteroatoms. The fourth-order valence-corrected chi connectivity index (χ4v) is 2.60. The second-order valence-electron chi connectivity index (χ2n) is 3.52. The molecule has 0 aliphatic carbocycles. The molecule has 1 aromatic heterocycles. The molecular formula is C10H14FNS. The van der Waals surface area contributed by atoms with Crippen LogP contribution in [0.3, 0.4) is 0 Å². The van der Waals surface area contributed by atoms with E-state index in [1.165, 1.54) is 11.3 Å². The fraction of sp³-hybridized carbons (Fsp3) is 0.600. The van der Waals surface area contributed by atoms with E-state index in [1.54, 1.807) is 0 Å². The lowest BCUT2D eigenvalue weighted by Gasteiger charge is -2.25. The van der Waals surface area contributed by atoms with E-state index in [1.807, 2.05) is 17.5 Å². The zero-order chi connectivity index (χ0) is 9.10. The largest absolute Gasteiger partial charge is 0.316 e. The number of nitrogens with one attached hydrogen (secondary N) is 1. The third-order valence-electron chi connectivity index (χ3n) is 2.56. The maximum Gasteiger partial charge on any atom is 0.138 e. The van der Waals surface area contributed by atoms with E-state index in [0.29, 0.717) is 0 Å². The first kappa shape index (κ1) is 9.16. The molecule has 72 valence electrons. The molecule has 0 bridgehead atoms. The highest BCUT2D eigenvalue weighted by Gasteiger charge is 2.24. The van der Waals surface area contributed by atoms with Gasteiger partial charge < -0.3 is 5.32 Å². The van der Waals surface area contributed by atoms with E-state index < -0.39 is 6.17 Å². The lowest BCUT2D eigenvalue weighted by Crippen LogP contribution is -2.31. The van der Waals surface area contributed by atoms with E-state index in [9.17, 15) is 4.39 Å². The van der Waals surface area contributed by atoms with Gasteiger partial charge in [-0.2, -0.15) is 0 Å². The molecular weight excluding hydrogens is 185 g/mol. The molecule has 0 amide bonds. The van der Waals surface area contributed by atoms with Crippen molar-refractivity contribution in [2.45, 2.75) is 19.0 Å². The number of piperidine rings is 1. The highest BCUT2D eigenvalue weighted by molar-refractivity contribution is 7.10. The Morgan fingerprint density at radius 3 is 3.15 bits per heavy atom. The molecule has 1 aromatic rings. The minimum absolute atomic E-state index is 0.187. The molecule has 2 unspecified atom stereocenters. The van der Waals surface area contributed by atoms with Crippen molar-refractivity contribution in [3.8, 4) is 0 Å². The SMILES string of the molecule is FC(c1cccs1)C1CCCNC1. The lowest BCUT2D eigenvalue weighted by molar-refractivity contribution is 0.198. The van der Waals surface area contributed by atoms with Crippen LogP contribution in [0.25, 0.3) is 0 Å². The minimum Gasteiger partial charge on any atom is -0.316 e. The second-order valence-corrected chi connectivity index (χ2v) is 4.50. The average Bonchev–Trinajstić information content (AvgIpc) is 2.71. The predicted molar refractivity (Wildman–Crippen MR) is 53.8 cm³/mol. The van der Waals surface area contributed by atoms with Crippen molar-refractivity contribution >= 4 is 11.3 Å². The van der Waals surface area contributed by atoms with Crippen molar-refractivity contribution in [1.29, 1.82) is 0 Å². The van der Waals surface area contributed by atoms with Gasteiger partial charge in [-0.05, 0) is 30.8 Å². The molecule has 1 fully saturated rings. The van der Waals surface area contributed by atoms with Gasteiger partial charge in [0, 0.05) is 17.3 Å². The fourth-order valence-electron chi connectivity index (χ4n) is 1.81. The van der Waals surface area contributed by atoms with Crippen LogP contribution in [0.5, 0.6) is 0 Å². The first-order valence-corrected chi connectivity index (χ1v) is 5.64. The van der Waals surface area contributed by atoms with Crippen LogP contribution in [0.4, 0.5) is 4.39 Å². The average molecular weight is 199 g/mol. The van der Waals surface area contributed by atoms with Crippen LogP contribution in [0.15, 0.2) is 17.5 Å². The summed E-state index contributed by atoms with van der Waals surface area (Å²) in [5, 5.41) is 5.18. The summed E-state index contributed by atoms with van der Waals surface area (Å²) in [4.78, 5) is 0.883. The zero-order valence-electron chi connectivity index (χ0n) is 7.50. The maximum atomic E-state index is 13.8. The summed E-state index contributed by atoms with van der Waals surface area (Å²) in [7, 11) is 0. The number of hydrogen-bond donors (Lipinski definition) is 1. The molecule has 0 saturated carbocycles. The third-order valence-corrected chi connectivity index (χ3v) is 3.49. The van der Waals surface area contributed by atoms with Crippen molar-refractivity contribution in [3.05, 3.63) is 22.4 Å². The Balaban J connectivity index is 1.99. The van der Waals surface area contributed by atoms with Crippen molar-refractivity contribution in [3.63, 3.8) is 0 Å². The van der Waals surface area contributed by atoms with Crippen LogP contribution in [0.1, 0.15) is 23.9 Å². The normalized spacial score (nSPS) is 25.8. The van der Waals surface area contributed by atoms with Gasteiger partial charge in [0.1, 0.15) is 6.17 Å². The third kappa shape index (κ3) is 2.09. The number of alkyl halides is 1. The number of rotatable bonds is 2.